The highest BCUT2D eigenvalue weighted by molar-refractivity contribution is 6.30. The van der Waals surface area contributed by atoms with E-state index in [0.717, 1.165) is 17.7 Å². The van der Waals surface area contributed by atoms with Crippen LogP contribution in [-0.4, -0.2) is 31.8 Å². The second-order valence-corrected chi connectivity index (χ2v) is 7.23. The molecule has 4 rings (SSSR count). The second kappa shape index (κ2) is 8.65. The molecule has 0 atom stereocenters. The minimum Gasteiger partial charge on any atom is -0.350 e. The molecule has 31 heavy (non-hydrogen) atoms. The summed E-state index contributed by atoms with van der Waals surface area (Å²) in [6.07, 6.45) is 2.84. The molecule has 2 aromatic carbocycles. The van der Waals surface area contributed by atoms with Gasteiger partial charge in [-0.1, -0.05) is 23.7 Å². The van der Waals surface area contributed by atoms with E-state index in [9.17, 15) is 18.4 Å². The van der Waals surface area contributed by atoms with Crippen LogP contribution in [0.2, 0.25) is 5.02 Å². The molecular formula is C21H16ClF2N5O2. The van der Waals surface area contributed by atoms with E-state index in [-0.39, 0.29) is 24.2 Å². The third kappa shape index (κ3) is 4.46. The van der Waals surface area contributed by atoms with Crippen LogP contribution in [0.1, 0.15) is 15.9 Å². The number of halogens is 3. The van der Waals surface area contributed by atoms with Crippen molar-refractivity contribution in [1.29, 1.82) is 0 Å². The SMILES string of the molecule is O=C(NCCn1ncc2c(=O)n(Cc3cccc(Cl)c3)cnc21)c1ccc(F)cc1F. The Morgan fingerprint density at radius 2 is 2.00 bits per heavy atom. The molecule has 0 bridgehead atoms. The van der Waals surface area contributed by atoms with Crippen molar-refractivity contribution in [3.05, 3.63) is 93.1 Å². The van der Waals surface area contributed by atoms with Gasteiger partial charge in [0.05, 0.1) is 24.8 Å². The summed E-state index contributed by atoms with van der Waals surface area (Å²) in [6, 6.07) is 9.92. The molecule has 0 saturated carbocycles. The van der Waals surface area contributed by atoms with Gasteiger partial charge in [0.1, 0.15) is 23.3 Å². The van der Waals surface area contributed by atoms with E-state index >= 15 is 0 Å². The van der Waals surface area contributed by atoms with Gasteiger partial charge in [0, 0.05) is 17.6 Å². The standard InChI is InChI=1S/C21H16ClF2N5O2/c22-14-3-1-2-13(8-14)11-28-12-26-19-17(21(28)31)10-27-29(19)7-6-25-20(30)16-5-4-15(23)9-18(16)24/h1-5,8-10,12H,6-7,11H2,(H,25,30). The van der Waals surface area contributed by atoms with Gasteiger partial charge >= 0.3 is 0 Å². The molecule has 10 heteroatoms. The van der Waals surface area contributed by atoms with Crippen molar-refractivity contribution in [2.45, 2.75) is 13.1 Å². The molecule has 0 unspecified atom stereocenters. The highest BCUT2D eigenvalue weighted by atomic mass is 35.5. The van der Waals surface area contributed by atoms with Gasteiger partial charge in [-0.15, -0.1) is 0 Å². The molecule has 158 valence electrons. The van der Waals surface area contributed by atoms with Crippen LogP contribution >= 0.6 is 11.6 Å². The van der Waals surface area contributed by atoms with Crippen LogP contribution < -0.4 is 10.9 Å². The second-order valence-electron chi connectivity index (χ2n) is 6.79. The Morgan fingerprint density at radius 1 is 1.16 bits per heavy atom. The van der Waals surface area contributed by atoms with Crippen LogP contribution in [0.15, 0.2) is 59.8 Å². The zero-order valence-corrected chi connectivity index (χ0v) is 16.8. The summed E-state index contributed by atoms with van der Waals surface area (Å²) < 4.78 is 29.6. The summed E-state index contributed by atoms with van der Waals surface area (Å²) in [5, 5.41) is 7.61. The predicted molar refractivity (Wildman–Crippen MR) is 111 cm³/mol. The monoisotopic (exact) mass is 443 g/mol. The normalized spacial score (nSPS) is 11.1. The Balaban J connectivity index is 1.46. The fourth-order valence-electron chi connectivity index (χ4n) is 3.15. The minimum atomic E-state index is -0.941. The molecule has 0 fully saturated rings. The Kier molecular flexibility index (Phi) is 5.77. The topological polar surface area (TPSA) is 81.8 Å². The van der Waals surface area contributed by atoms with Crippen LogP contribution in [0, 0.1) is 11.6 Å². The van der Waals surface area contributed by atoms with E-state index < -0.39 is 17.5 Å². The zero-order chi connectivity index (χ0) is 22.0. The van der Waals surface area contributed by atoms with Crippen LogP contribution in [0.5, 0.6) is 0 Å². The molecule has 2 aromatic heterocycles. The number of hydrogen-bond donors (Lipinski definition) is 1. The molecule has 0 aliphatic carbocycles. The lowest BCUT2D eigenvalue weighted by Gasteiger charge is -2.08. The molecule has 0 aliphatic heterocycles. The number of carbonyl (C=O) groups excluding carboxylic acids is 1. The van der Waals surface area contributed by atoms with Gasteiger partial charge in [-0.05, 0) is 29.8 Å². The lowest BCUT2D eigenvalue weighted by atomic mass is 10.2. The number of hydrogen-bond acceptors (Lipinski definition) is 4. The first-order valence-corrected chi connectivity index (χ1v) is 9.69. The van der Waals surface area contributed by atoms with E-state index in [2.05, 4.69) is 15.4 Å². The Hall–Kier alpha value is -3.59. The smallest absolute Gasteiger partial charge is 0.264 e. The van der Waals surface area contributed by atoms with E-state index in [0.29, 0.717) is 28.7 Å². The maximum atomic E-state index is 13.7. The summed E-state index contributed by atoms with van der Waals surface area (Å²) in [4.78, 5) is 29.2. The first-order valence-electron chi connectivity index (χ1n) is 9.31. The van der Waals surface area contributed by atoms with Crippen LogP contribution in [0.25, 0.3) is 11.0 Å². The Labute approximate surface area is 179 Å². The predicted octanol–water partition coefficient (Wildman–Crippen LogP) is 3.00. The minimum absolute atomic E-state index is 0.111. The van der Waals surface area contributed by atoms with Crippen molar-refractivity contribution in [1.82, 2.24) is 24.6 Å². The number of nitrogens with one attached hydrogen (secondary N) is 1. The Bertz CT molecular complexity index is 1340. The summed E-state index contributed by atoms with van der Waals surface area (Å²) in [5.41, 5.74) is 0.718. The summed E-state index contributed by atoms with van der Waals surface area (Å²) in [7, 11) is 0. The molecule has 0 aliphatic rings. The molecule has 0 saturated heterocycles. The number of nitrogens with zero attached hydrogens (tertiary/aromatic N) is 4. The highest BCUT2D eigenvalue weighted by Gasteiger charge is 2.14. The third-order valence-electron chi connectivity index (χ3n) is 4.65. The van der Waals surface area contributed by atoms with Crippen molar-refractivity contribution in [3.8, 4) is 0 Å². The molecule has 4 aromatic rings. The maximum Gasteiger partial charge on any atom is 0.264 e. The van der Waals surface area contributed by atoms with Crippen molar-refractivity contribution in [2.75, 3.05) is 6.54 Å². The molecule has 1 amide bonds. The number of benzene rings is 2. The summed E-state index contributed by atoms with van der Waals surface area (Å²) in [6.45, 7) is 0.634. The van der Waals surface area contributed by atoms with Crippen LogP contribution in [-0.2, 0) is 13.1 Å². The number of carbonyl (C=O) groups is 1. The lowest BCUT2D eigenvalue weighted by molar-refractivity contribution is 0.0948. The fraction of sp³-hybridized carbons (Fsp3) is 0.143. The van der Waals surface area contributed by atoms with E-state index in [1.54, 1.807) is 18.2 Å². The van der Waals surface area contributed by atoms with Crippen molar-refractivity contribution < 1.29 is 13.6 Å². The number of rotatable bonds is 6. The first kappa shape index (κ1) is 20.7. The average Bonchev–Trinajstić information content (AvgIpc) is 3.14. The molecule has 7 nitrogen and oxygen atoms in total. The van der Waals surface area contributed by atoms with E-state index in [1.807, 2.05) is 6.07 Å². The molecule has 0 spiro atoms. The van der Waals surface area contributed by atoms with E-state index in [4.69, 9.17) is 11.6 Å². The van der Waals surface area contributed by atoms with Gasteiger partial charge in [0.15, 0.2) is 5.65 Å². The lowest BCUT2D eigenvalue weighted by Crippen LogP contribution is -2.28. The van der Waals surface area contributed by atoms with Crippen LogP contribution in [0.3, 0.4) is 0 Å². The average molecular weight is 444 g/mol. The molecule has 2 heterocycles. The van der Waals surface area contributed by atoms with Gasteiger partial charge in [-0.3, -0.25) is 14.2 Å². The molecule has 0 radical (unpaired) electrons. The quantitative estimate of drug-likeness (QED) is 0.496. The number of aromatic nitrogens is 4. The molecule has 1 N–H and O–H groups in total. The number of amides is 1. The van der Waals surface area contributed by atoms with Gasteiger partial charge in [0.2, 0.25) is 0 Å². The number of fused-ring (bicyclic) bond motifs is 1. The Morgan fingerprint density at radius 3 is 2.77 bits per heavy atom. The highest BCUT2D eigenvalue weighted by Crippen LogP contribution is 2.12. The fourth-order valence-corrected chi connectivity index (χ4v) is 3.36. The zero-order valence-electron chi connectivity index (χ0n) is 16.1. The van der Waals surface area contributed by atoms with E-state index in [1.165, 1.54) is 21.8 Å². The summed E-state index contributed by atoms with van der Waals surface area (Å²) >= 11 is 5.99. The van der Waals surface area contributed by atoms with Gasteiger partial charge in [0.25, 0.3) is 11.5 Å². The summed E-state index contributed by atoms with van der Waals surface area (Å²) in [5.74, 6) is -2.38. The maximum absolute atomic E-state index is 13.7. The van der Waals surface area contributed by atoms with Crippen LogP contribution in [0.4, 0.5) is 8.78 Å². The molecular weight excluding hydrogens is 428 g/mol. The third-order valence-corrected chi connectivity index (χ3v) is 4.88. The van der Waals surface area contributed by atoms with Crippen molar-refractivity contribution in [3.63, 3.8) is 0 Å². The largest absolute Gasteiger partial charge is 0.350 e. The van der Waals surface area contributed by atoms with Crippen molar-refractivity contribution in [2.24, 2.45) is 0 Å². The van der Waals surface area contributed by atoms with Crippen molar-refractivity contribution >= 4 is 28.5 Å². The van der Waals surface area contributed by atoms with Gasteiger partial charge in [-0.25, -0.2) is 18.4 Å². The van der Waals surface area contributed by atoms with Gasteiger partial charge < -0.3 is 5.32 Å². The van der Waals surface area contributed by atoms with Gasteiger partial charge in [-0.2, -0.15) is 5.10 Å². The first-order chi connectivity index (χ1) is 14.9.